The predicted molar refractivity (Wildman–Crippen MR) is 149 cm³/mol. The average Bonchev–Trinajstić information content (AvgIpc) is 3.22. The number of unbranched alkanes of at least 4 members (excludes halogenated alkanes) is 1. The normalized spacial score (nSPS) is 9.51. The van der Waals surface area contributed by atoms with Crippen molar-refractivity contribution in [2.45, 2.75) is 61.3 Å². The molecule has 0 aliphatic heterocycles. The van der Waals surface area contributed by atoms with Crippen LogP contribution in [0.3, 0.4) is 0 Å². The second-order valence-corrected chi connectivity index (χ2v) is 7.56. The molecule has 192 valence electrons. The van der Waals surface area contributed by atoms with Gasteiger partial charge >= 0.3 is 0 Å². The van der Waals surface area contributed by atoms with Crippen molar-refractivity contribution >= 4 is 23.2 Å². The summed E-state index contributed by atoms with van der Waals surface area (Å²) in [5, 5.41) is 10.8. The molecule has 35 heavy (non-hydrogen) atoms. The highest BCUT2D eigenvalue weighted by Crippen LogP contribution is 2.32. The number of benzene rings is 2. The number of aromatic nitrogens is 2. The molecular formula is C27H40ClN5O2. The summed E-state index contributed by atoms with van der Waals surface area (Å²) in [7, 11) is 1.98. The third-order valence-electron chi connectivity index (χ3n) is 4.71. The van der Waals surface area contributed by atoms with Crippen LogP contribution in [0.4, 0.5) is 5.69 Å². The van der Waals surface area contributed by atoms with E-state index in [9.17, 15) is 9.70 Å². The lowest BCUT2D eigenvalue weighted by Gasteiger charge is -2.11. The lowest BCUT2D eigenvalue weighted by atomic mass is 10.1. The van der Waals surface area contributed by atoms with Crippen LogP contribution in [0.25, 0.3) is 16.9 Å². The van der Waals surface area contributed by atoms with E-state index in [0.717, 1.165) is 17.7 Å². The van der Waals surface area contributed by atoms with Gasteiger partial charge in [0.15, 0.2) is 5.69 Å². The molecule has 1 amide bonds. The number of primary amides is 1. The van der Waals surface area contributed by atoms with Crippen molar-refractivity contribution in [1.82, 2.24) is 15.1 Å². The van der Waals surface area contributed by atoms with Crippen LogP contribution in [0.15, 0.2) is 47.6 Å². The number of nitrogens with zero attached hydrogens (tertiary/aromatic N) is 3. The number of hydrogen-bond acceptors (Lipinski definition) is 5. The third kappa shape index (κ3) is 9.26. The van der Waals surface area contributed by atoms with Crippen molar-refractivity contribution in [1.29, 1.82) is 0 Å². The number of carbonyl (C=O) groups is 1. The number of nitrogens with one attached hydrogen (secondary N) is 1. The fourth-order valence-corrected chi connectivity index (χ4v) is 3.38. The number of nitrogens with two attached hydrogens (primary N) is 1. The van der Waals surface area contributed by atoms with Crippen LogP contribution in [0.5, 0.6) is 0 Å². The Kier molecular flexibility index (Phi) is 15.9. The average molecular weight is 502 g/mol. The van der Waals surface area contributed by atoms with Gasteiger partial charge in [-0.15, -0.1) is 4.91 Å². The van der Waals surface area contributed by atoms with E-state index in [1.165, 1.54) is 12.8 Å². The first-order valence-electron chi connectivity index (χ1n) is 12.1. The number of hydrogen-bond donors (Lipinski definition) is 2. The van der Waals surface area contributed by atoms with Crippen molar-refractivity contribution < 1.29 is 4.79 Å². The minimum atomic E-state index is -0.619. The Morgan fingerprint density at radius 3 is 2.11 bits per heavy atom. The number of carbonyl (C=O) groups excluding carboxylic acids is 1. The van der Waals surface area contributed by atoms with E-state index < -0.39 is 5.91 Å². The highest BCUT2D eigenvalue weighted by molar-refractivity contribution is 6.32. The molecule has 0 radical (unpaired) electrons. The van der Waals surface area contributed by atoms with Crippen molar-refractivity contribution in [2.75, 3.05) is 13.6 Å². The molecule has 2 aromatic carbocycles. The van der Waals surface area contributed by atoms with Gasteiger partial charge in [-0.05, 0) is 68.9 Å². The van der Waals surface area contributed by atoms with Gasteiger partial charge in [0.2, 0.25) is 0 Å². The summed E-state index contributed by atoms with van der Waals surface area (Å²) in [5.41, 5.74) is 9.67. The molecule has 0 atom stereocenters. The van der Waals surface area contributed by atoms with Crippen molar-refractivity contribution in [3.63, 3.8) is 0 Å². The molecule has 7 nitrogen and oxygen atoms in total. The van der Waals surface area contributed by atoms with Gasteiger partial charge in [-0.25, -0.2) is 4.68 Å². The van der Waals surface area contributed by atoms with Crippen LogP contribution in [0.2, 0.25) is 5.02 Å². The van der Waals surface area contributed by atoms with Gasteiger partial charge in [0.05, 0.1) is 16.4 Å². The number of rotatable bonds is 7. The lowest BCUT2D eigenvalue weighted by molar-refractivity contribution is 0.0994. The van der Waals surface area contributed by atoms with E-state index in [2.05, 4.69) is 22.5 Å². The van der Waals surface area contributed by atoms with Crippen LogP contribution >= 0.6 is 11.6 Å². The van der Waals surface area contributed by atoms with Gasteiger partial charge in [0, 0.05) is 11.1 Å². The van der Waals surface area contributed by atoms with Crippen molar-refractivity contribution in [3.05, 3.63) is 69.2 Å². The summed E-state index contributed by atoms with van der Waals surface area (Å²) in [6.45, 7) is 15.1. The maximum Gasteiger partial charge on any atom is 0.269 e. The summed E-state index contributed by atoms with van der Waals surface area (Å²) in [5.74, 6) is -0.619. The molecule has 0 spiro atoms. The molecule has 0 saturated carbocycles. The zero-order valence-electron chi connectivity index (χ0n) is 22.3. The molecular weight excluding hydrogens is 462 g/mol. The Bertz CT molecular complexity index is 1040. The van der Waals surface area contributed by atoms with Gasteiger partial charge in [0.25, 0.3) is 5.91 Å². The molecule has 0 aliphatic rings. The van der Waals surface area contributed by atoms with Gasteiger partial charge in [-0.1, -0.05) is 70.8 Å². The van der Waals surface area contributed by atoms with Crippen molar-refractivity contribution in [3.8, 4) is 16.9 Å². The van der Waals surface area contributed by atoms with E-state index in [-0.39, 0.29) is 5.69 Å². The van der Waals surface area contributed by atoms with E-state index in [1.54, 1.807) is 35.9 Å². The third-order valence-corrected chi connectivity index (χ3v) is 5.02. The second kappa shape index (κ2) is 17.4. The number of amides is 1. The molecule has 0 unspecified atom stereocenters. The van der Waals surface area contributed by atoms with Gasteiger partial charge < -0.3 is 11.1 Å². The zero-order chi connectivity index (χ0) is 27.0. The predicted octanol–water partition coefficient (Wildman–Crippen LogP) is 7.36. The number of nitroso groups, excluding NO2 is 1. The monoisotopic (exact) mass is 501 g/mol. The molecule has 8 heteroatoms. The summed E-state index contributed by atoms with van der Waals surface area (Å²) in [6.07, 6.45) is 2.59. The fourth-order valence-electron chi connectivity index (χ4n) is 3.06. The second-order valence-electron chi connectivity index (χ2n) is 7.15. The summed E-state index contributed by atoms with van der Waals surface area (Å²) in [4.78, 5) is 22.4. The Morgan fingerprint density at radius 1 is 1.09 bits per heavy atom. The Hall–Kier alpha value is -3.03. The van der Waals surface area contributed by atoms with Crippen molar-refractivity contribution in [2.24, 2.45) is 10.9 Å². The summed E-state index contributed by atoms with van der Waals surface area (Å²) in [6, 6.07) is 12.2. The zero-order valence-corrected chi connectivity index (χ0v) is 23.0. The molecule has 1 aromatic heterocycles. The van der Waals surface area contributed by atoms with Crippen LogP contribution in [0.1, 0.15) is 69.1 Å². The minimum absolute atomic E-state index is 0.171. The van der Waals surface area contributed by atoms with Crippen LogP contribution in [-0.2, 0) is 0 Å². The largest absolute Gasteiger partial charge is 0.364 e. The first-order chi connectivity index (χ1) is 16.8. The molecule has 0 bridgehead atoms. The standard InChI is InChI=1S/C18H15ClN4O2.C5H13N.2C2H6/c1-10-3-8-15(14(19)9-10)23-17(11(2)16(21-23)18(20)24)12-4-6-13(22-25)7-5-12;1-3-4-5-6-2;2*1-2/h3-9H,1-2H3,(H2,20,24);6H,3-5H2,1-2H3;2*1-2H3. The highest BCUT2D eigenvalue weighted by atomic mass is 35.5. The van der Waals surface area contributed by atoms with Gasteiger partial charge in [-0.3, -0.25) is 4.79 Å². The molecule has 3 N–H and O–H groups in total. The minimum Gasteiger partial charge on any atom is -0.364 e. The van der Waals surface area contributed by atoms with E-state index in [0.29, 0.717) is 27.7 Å². The first kappa shape index (κ1) is 32.0. The molecule has 1 heterocycles. The van der Waals surface area contributed by atoms with E-state index in [4.69, 9.17) is 17.3 Å². The molecule has 3 rings (SSSR count). The van der Waals surface area contributed by atoms with E-state index in [1.807, 2.05) is 59.9 Å². The molecule has 0 fully saturated rings. The van der Waals surface area contributed by atoms with Crippen LogP contribution in [-0.4, -0.2) is 29.3 Å². The maximum absolute atomic E-state index is 11.7. The lowest BCUT2D eigenvalue weighted by Crippen LogP contribution is -2.13. The smallest absolute Gasteiger partial charge is 0.269 e. The van der Waals surface area contributed by atoms with E-state index >= 15 is 0 Å². The fraction of sp³-hybridized carbons (Fsp3) is 0.407. The molecule has 3 aromatic rings. The van der Waals surface area contributed by atoms with Gasteiger partial charge in [0.1, 0.15) is 5.69 Å². The number of aryl methyl sites for hydroxylation is 1. The molecule has 0 aliphatic carbocycles. The topological polar surface area (TPSA) is 102 Å². The maximum atomic E-state index is 11.7. The Labute approximate surface area is 215 Å². The van der Waals surface area contributed by atoms with Crippen LogP contribution in [0, 0.1) is 18.8 Å². The first-order valence-corrected chi connectivity index (χ1v) is 12.5. The molecule has 0 saturated heterocycles. The Morgan fingerprint density at radius 2 is 1.69 bits per heavy atom. The van der Waals surface area contributed by atoms with Gasteiger partial charge in [-0.2, -0.15) is 5.10 Å². The Balaban J connectivity index is 0.000000997. The quantitative estimate of drug-likeness (QED) is 0.260. The van der Waals surface area contributed by atoms with Crippen LogP contribution < -0.4 is 11.1 Å². The number of halogens is 1. The summed E-state index contributed by atoms with van der Waals surface area (Å²) >= 11 is 6.38. The SMILES string of the molecule is CC.CC.CCCCNC.Cc1ccc(-n2nc(C(N)=O)c(C)c2-c2ccc(N=O)cc2)c(Cl)c1. The highest BCUT2D eigenvalue weighted by Gasteiger charge is 2.21. The summed E-state index contributed by atoms with van der Waals surface area (Å²) < 4.78 is 1.60.